The molecule has 0 aromatic heterocycles. The first-order chi connectivity index (χ1) is 7.07. The van der Waals surface area contributed by atoms with Crippen molar-refractivity contribution in [2.24, 2.45) is 0 Å². The number of hydrogen-bond acceptors (Lipinski definition) is 4. The fourth-order valence-corrected chi connectivity index (χ4v) is 2.35. The zero-order valence-electron chi connectivity index (χ0n) is 9.77. The van der Waals surface area contributed by atoms with Crippen molar-refractivity contribution in [2.45, 2.75) is 32.4 Å². The van der Waals surface area contributed by atoms with Crippen LogP contribution in [0.4, 0.5) is 0 Å². The van der Waals surface area contributed by atoms with Crippen LogP contribution in [0.5, 0.6) is 0 Å². The Morgan fingerprint density at radius 2 is 1.94 bits per heavy atom. The Kier molecular flexibility index (Phi) is 5.33. The number of ether oxygens (including phenoxy) is 1. The monoisotopic (exact) mass is 254 g/mol. The van der Waals surface area contributed by atoms with Crippen LogP contribution >= 0.6 is 0 Å². The summed E-state index contributed by atoms with van der Waals surface area (Å²) in [4.78, 5) is 10.7. The number of methoxy groups -OCH3 is 1. The second-order valence-corrected chi connectivity index (χ2v) is 5.77. The van der Waals surface area contributed by atoms with Crippen molar-refractivity contribution in [3.63, 3.8) is 0 Å². The minimum Gasteiger partial charge on any atom is -0.480 e. The second kappa shape index (κ2) is 5.58. The van der Waals surface area contributed by atoms with Gasteiger partial charge in [-0.05, 0) is 20.8 Å². The Bertz CT molecular complexity index is 333. The summed E-state index contributed by atoms with van der Waals surface area (Å²) in [5, 5.41) is 8.73. The van der Waals surface area contributed by atoms with Crippen LogP contribution in [0.2, 0.25) is 0 Å². The highest BCUT2D eigenvalue weighted by atomic mass is 32.2. The highest BCUT2D eigenvalue weighted by Crippen LogP contribution is 2.01. The zero-order chi connectivity index (χ0) is 13.0. The number of nitrogens with one attached hydrogen (secondary N) is 2. The van der Waals surface area contributed by atoms with E-state index in [1.165, 1.54) is 7.11 Å². The van der Waals surface area contributed by atoms with E-state index in [9.17, 15) is 13.2 Å². The molecule has 0 heterocycles. The van der Waals surface area contributed by atoms with E-state index < -0.39 is 27.8 Å². The van der Waals surface area contributed by atoms with Gasteiger partial charge in [0.2, 0.25) is 0 Å². The molecular weight excluding hydrogens is 236 g/mol. The lowest BCUT2D eigenvalue weighted by molar-refractivity contribution is -0.140. The van der Waals surface area contributed by atoms with E-state index in [0.29, 0.717) is 0 Å². The molecular formula is C8H18N2O5S. The minimum absolute atomic E-state index is 0.236. The van der Waals surface area contributed by atoms with Gasteiger partial charge in [0.15, 0.2) is 0 Å². The van der Waals surface area contributed by atoms with Crippen LogP contribution in [-0.2, 0) is 19.7 Å². The zero-order valence-corrected chi connectivity index (χ0v) is 10.6. The van der Waals surface area contributed by atoms with Gasteiger partial charge in [-0.1, -0.05) is 0 Å². The molecule has 0 spiro atoms. The Hall–Kier alpha value is -0.700. The molecule has 7 nitrogen and oxygen atoms in total. The molecule has 0 rings (SSSR count). The van der Waals surface area contributed by atoms with Crippen molar-refractivity contribution in [3.05, 3.63) is 0 Å². The van der Waals surface area contributed by atoms with Crippen molar-refractivity contribution in [1.29, 1.82) is 0 Å². The topological polar surface area (TPSA) is 105 Å². The first-order valence-electron chi connectivity index (χ1n) is 4.60. The number of hydrogen-bond donors (Lipinski definition) is 3. The molecule has 0 aliphatic rings. The number of aliphatic carboxylic acids is 1. The third kappa shape index (κ3) is 6.72. The lowest BCUT2D eigenvalue weighted by atomic mass is 10.1. The van der Waals surface area contributed by atoms with Crippen molar-refractivity contribution < 1.29 is 23.1 Å². The maximum Gasteiger partial charge on any atom is 0.324 e. The largest absolute Gasteiger partial charge is 0.480 e. The standard InChI is InChI=1S/C8H18N2O5S/c1-8(2,3)10-16(13,14)9-6(5-15-4)7(11)12/h6,9-10H,5H2,1-4H3,(H,11,12). The van der Waals surface area contributed by atoms with Gasteiger partial charge in [0.25, 0.3) is 10.2 Å². The highest BCUT2D eigenvalue weighted by Gasteiger charge is 2.26. The average Bonchev–Trinajstić information content (AvgIpc) is 1.97. The first kappa shape index (κ1) is 15.3. The number of carboxylic acids is 1. The maximum atomic E-state index is 11.5. The molecule has 96 valence electrons. The smallest absolute Gasteiger partial charge is 0.324 e. The lowest BCUT2D eigenvalue weighted by Crippen LogP contribution is -2.53. The summed E-state index contributed by atoms with van der Waals surface area (Å²) in [6, 6.07) is -1.30. The Morgan fingerprint density at radius 1 is 1.44 bits per heavy atom. The summed E-state index contributed by atoms with van der Waals surface area (Å²) in [6.07, 6.45) is 0. The minimum atomic E-state index is -3.87. The summed E-state index contributed by atoms with van der Waals surface area (Å²) in [6.45, 7) is 4.72. The van der Waals surface area contributed by atoms with Gasteiger partial charge in [0.1, 0.15) is 6.04 Å². The van der Waals surface area contributed by atoms with Gasteiger partial charge >= 0.3 is 5.97 Å². The number of rotatable bonds is 6. The van der Waals surface area contributed by atoms with Crippen LogP contribution < -0.4 is 9.44 Å². The van der Waals surface area contributed by atoms with Crippen LogP contribution in [0, 0.1) is 0 Å². The normalized spacial score (nSPS) is 14.8. The predicted molar refractivity (Wildman–Crippen MR) is 58.2 cm³/mol. The lowest BCUT2D eigenvalue weighted by Gasteiger charge is -2.22. The average molecular weight is 254 g/mol. The Labute approximate surface area is 95.4 Å². The maximum absolute atomic E-state index is 11.5. The van der Waals surface area contributed by atoms with E-state index in [2.05, 4.69) is 9.46 Å². The molecule has 1 atom stereocenters. The van der Waals surface area contributed by atoms with Gasteiger partial charge < -0.3 is 9.84 Å². The Morgan fingerprint density at radius 3 is 2.25 bits per heavy atom. The fraction of sp³-hybridized carbons (Fsp3) is 0.875. The molecule has 16 heavy (non-hydrogen) atoms. The van der Waals surface area contributed by atoms with Gasteiger partial charge in [-0.3, -0.25) is 4.79 Å². The molecule has 8 heteroatoms. The molecule has 0 aromatic carbocycles. The van der Waals surface area contributed by atoms with Crippen LogP contribution in [0.15, 0.2) is 0 Å². The van der Waals surface area contributed by atoms with Gasteiger partial charge in [0, 0.05) is 12.6 Å². The molecule has 1 unspecified atom stereocenters. The van der Waals surface area contributed by atoms with Crippen LogP contribution in [0.25, 0.3) is 0 Å². The first-order valence-corrected chi connectivity index (χ1v) is 6.08. The van der Waals surface area contributed by atoms with Crippen molar-refractivity contribution >= 4 is 16.2 Å². The molecule has 3 N–H and O–H groups in total. The predicted octanol–water partition coefficient (Wildman–Crippen LogP) is -0.691. The second-order valence-electron chi connectivity index (χ2n) is 4.32. The molecule has 0 amide bonds. The fourth-order valence-electron chi connectivity index (χ4n) is 0.942. The van der Waals surface area contributed by atoms with Gasteiger partial charge in [-0.15, -0.1) is 0 Å². The van der Waals surface area contributed by atoms with E-state index in [1.54, 1.807) is 20.8 Å². The van der Waals surface area contributed by atoms with Crippen LogP contribution in [0.1, 0.15) is 20.8 Å². The SMILES string of the molecule is COCC(NS(=O)(=O)NC(C)(C)C)C(=O)O. The molecule has 0 aliphatic carbocycles. The van der Waals surface area contributed by atoms with Gasteiger partial charge in [-0.25, -0.2) is 0 Å². The van der Waals surface area contributed by atoms with Gasteiger partial charge in [-0.2, -0.15) is 17.9 Å². The molecule has 0 saturated carbocycles. The summed E-state index contributed by atoms with van der Waals surface area (Å²) >= 11 is 0. The number of carboxylic acid groups (broad SMARTS) is 1. The van der Waals surface area contributed by atoms with Gasteiger partial charge in [0.05, 0.1) is 6.61 Å². The van der Waals surface area contributed by atoms with Crippen molar-refractivity contribution in [2.75, 3.05) is 13.7 Å². The molecule has 0 aromatic rings. The molecule has 0 radical (unpaired) electrons. The summed E-state index contributed by atoms with van der Waals surface area (Å²) < 4.78 is 31.9. The van der Waals surface area contributed by atoms with E-state index in [4.69, 9.17) is 5.11 Å². The highest BCUT2D eigenvalue weighted by molar-refractivity contribution is 7.87. The van der Waals surface area contributed by atoms with E-state index in [1.807, 2.05) is 4.72 Å². The summed E-state index contributed by atoms with van der Waals surface area (Å²) in [5.41, 5.74) is -0.679. The molecule has 0 bridgehead atoms. The summed E-state index contributed by atoms with van der Waals surface area (Å²) in [5.74, 6) is -1.29. The molecule has 0 saturated heterocycles. The third-order valence-corrected chi connectivity index (χ3v) is 2.85. The van der Waals surface area contributed by atoms with Crippen LogP contribution in [-0.4, -0.2) is 44.8 Å². The van der Waals surface area contributed by atoms with Crippen molar-refractivity contribution in [1.82, 2.24) is 9.44 Å². The quantitative estimate of drug-likeness (QED) is 0.582. The third-order valence-electron chi connectivity index (χ3n) is 1.37. The van der Waals surface area contributed by atoms with E-state index >= 15 is 0 Å². The van der Waals surface area contributed by atoms with Crippen molar-refractivity contribution in [3.8, 4) is 0 Å². The van der Waals surface area contributed by atoms with Crippen LogP contribution in [0.3, 0.4) is 0 Å². The number of carbonyl (C=O) groups is 1. The molecule has 0 fully saturated rings. The Balaban J connectivity index is 4.61. The summed E-state index contributed by atoms with van der Waals surface area (Å²) in [7, 11) is -2.57. The van der Waals surface area contributed by atoms with E-state index in [-0.39, 0.29) is 6.61 Å². The van der Waals surface area contributed by atoms with E-state index in [0.717, 1.165) is 0 Å². The molecule has 0 aliphatic heterocycles.